The summed E-state index contributed by atoms with van der Waals surface area (Å²) in [5, 5.41) is 270. The molecule has 114 heavy (non-hydrogen) atoms. The van der Waals surface area contributed by atoms with Crippen LogP contribution in [-0.2, 0) is 104 Å². The Bertz CT molecular complexity index is 3080. The fraction of sp³-hybridized carbons (Fsp3) is 0.922. The van der Waals surface area contributed by atoms with Gasteiger partial charge in [-0.1, -0.05) is 0 Å². The van der Waals surface area contributed by atoms with Gasteiger partial charge in [0.1, 0.15) is 213 Å². The van der Waals surface area contributed by atoms with E-state index in [4.69, 9.17) is 80.5 Å². The Morgan fingerprint density at radius 1 is 0.246 bits per heavy atom. The van der Waals surface area contributed by atoms with Crippen LogP contribution in [0.15, 0.2) is 0 Å². The first-order valence-corrected chi connectivity index (χ1v) is 36.5. The van der Waals surface area contributed by atoms with E-state index in [0.717, 1.165) is 34.6 Å². The van der Waals surface area contributed by atoms with E-state index < -0.39 is 358 Å². The van der Waals surface area contributed by atoms with Gasteiger partial charge in [-0.05, 0) is 6.92 Å². The second-order valence-electron chi connectivity index (χ2n) is 28.9. The molecular formula is C64H107N5O45. The second kappa shape index (κ2) is 40.9. The monoisotopic (exact) mass is 1670 g/mol. The molecular weight excluding hydrogens is 1560 g/mol. The Labute approximate surface area is 646 Å². The zero-order chi connectivity index (χ0) is 84.1. The van der Waals surface area contributed by atoms with Crippen LogP contribution in [0.5, 0.6) is 0 Å². The highest BCUT2D eigenvalue weighted by Crippen LogP contribution is 2.41. The summed E-state index contributed by atoms with van der Waals surface area (Å²) >= 11 is 0. The molecule has 0 aromatic carbocycles. The normalized spacial score (nSPS) is 48.2. The molecule has 9 unspecified atom stereocenters. The van der Waals surface area contributed by atoms with Crippen molar-refractivity contribution in [3.05, 3.63) is 0 Å². The molecule has 9 rings (SSSR count). The molecule has 0 saturated carbocycles. The number of carbonyl (C=O) groups excluding carboxylic acids is 5. The highest BCUT2D eigenvalue weighted by molar-refractivity contribution is 5.75. The first-order chi connectivity index (χ1) is 53.8. The number of aliphatic hydroxyl groups excluding tert-OH is 23. The third-order valence-corrected chi connectivity index (χ3v) is 20.7. The molecule has 658 valence electrons. The fourth-order valence-corrected chi connectivity index (χ4v) is 14.7. The zero-order valence-corrected chi connectivity index (χ0v) is 61.9. The van der Waals surface area contributed by atoms with Gasteiger partial charge in [0.2, 0.25) is 29.5 Å². The largest absolute Gasteiger partial charge is 0.394 e. The molecule has 5 amide bonds. The lowest BCUT2D eigenvalue weighted by atomic mass is 9.93. The van der Waals surface area contributed by atoms with E-state index >= 15 is 0 Å². The first-order valence-electron chi connectivity index (χ1n) is 36.5. The van der Waals surface area contributed by atoms with Crippen LogP contribution in [0.4, 0.5) is 0 Å². The van der Waals surface area contributed by atoms with Gasteiger partial charge in [-0.2, -0.15) is 0 Å². The van der Waals surface area contributed by atoms with Gasteiger partial charge < -0.3 is 225 Å². The maximum atomic E-state index is 13.3. The number of nitrogens with one attached hydrogen (secondary N) is 5. The van der Waals surface area contributed by atoms with E-state index in [1.165, 1.54) is 6.92 Å². The lowest BCUT2D eigenvalue weighted by Gasteiger charge is -2.52. The van der Waals surface area contributed by atoms with E-state index in [-0.39, 0.29) is 0 Å². The van der Waals surface area contributed by atoms with Crippen LogP contribution in [0.25, 0.3) is 0 Å². The van der Waals surface area contributed by atoms with Gasteiger partial charge in [-0.15, -0.1) is 0 Å². The standard InChI is InChI=1S/C64H107N5O45/c1-15-34(81)45(92)48(95)61(100-15)98-13-27-51(43(90)29(56(97)101-27)65-16(2)76)109-60-33(69-20(6)80)44(91)50(26(12-75)107-60)110-62-49(96)53(112-64-55(47(94)39(86)25(11-74)106-64)114-59-32(68-19(5)79)42(89)37(84)23(9-72)104-59)52(111-57-30(66-17(3)77)40(87)35(82)21(7-70)102-57)28(108-62)14-99-63-54(46(93)38(85)24(10-73)105-63)113-58-31(67-18(4)78)41(88)36(83)22(8-71)103-58/h15,21-64,70-75,81-97H,7-14H2,1-6H3,(H,65,76)(H,66,77)(H,67,78)(H,68,79)(H,69,80)/t15-,21+,22+,23+,24+,25+,26+,27+,28+,29+,30+,31+,32+,33+,34+,35+,36+,37+,38+,39+,40+,41+,42+,43+,44+,45+,46-,47-,48-,49-,50+,51+,52+,53+,54-,55-,56?,57?,58?,59?,60?,61?,62?,63?,64?/m0/s1. The number of aliphatic hydroxyl groups is 23. The Hall–Kier alpha value is -4.25. The summed E-state index contributed by atoms with van der Waals surface area (Å²) < 4.78 is 104. The minimum Gasteiger partial charge on any atom is -0.394 e. The van der Waals surface area contributed by atoms with E-state index in [0.29, 0.717) is 0 Å². The number of ether oxygens (including phenoxy) is 17. The highest BCUT2D eigenvalue weighted by Gasteiger charge is 2.61. The maximum Gasteiger partial charge on any atom is 0.217 e. The predicted octanol–water partition coefficient (Wildman–Crippen LogP) is -18.9. The molecule has 0 aromatic heterocycles. The van der Waals surface area contributed by atoms with E-state index in [1.54, 1.807) is 0 Å². The van der Waals surface area contributed by atoms with Gasteiger partial charge in [-0.25, -0.2) is 0 Å². The van der Waals surface area contributed by atoms with Crippen LogP contribution in [0.2, 0.25) is 0 Å². The van der Waals surface area contributed by atoms with Crippen LogP contribution in [-0.4, -0.2) is 476 Å². The van der Waals surface area contributed by atoms with Crippen molar-refractivity contribution in [2.24, 2.45) is 0 Å². The zero-order valence-electron chi connectivity index (χ0n) is 61.9. The molecule has 0 bridgehead atoms. The van der Waals surface area contributed by atoms with Gasteiger partial charge in [0.05, 0.1) is 59.0 Å². The van der Waals surface area contributed by atoms with Crippen molar-refractivity contribution in [2.75, 3.05) is 52.9 Å². The Kier molecular flexibility index (Phi) is 33.6. The predicted molar refractivity (Wildman–Crippen MR) is 354 cm³/mol. The maximum absolute atomic E-state index is 13.3. The number of hydrogen-bond donors (Lipinski definition) is 28. The Morgan fingerprint density at radius 3 is 0.947 bits per heavy atom. The van der Waals surface area contributed by atoms with Crippen molar-refractivity contribution in [3.8, 4) is 0 Å². The summed E-state index contributed by atoms with van der Waals surface area (Å²) in [7, 11) is 0. The van der Waals surface area contributed by atoms with Crippen LogP contribution >= 0.6 is 0 Å². The molecule has 9 fully saturated rings. The van der Waals surface area contributed by atoms with Gasteiger partial charge in [0.15, 0.2) is 56.6 Å². The lowest BCUT2D eigenvalue weighted by molar-refractivity contribution is -0.407. The van der Waals surface area contributed by atoms with Crippen molar-refractivity contribution < 1.29 is 222 Å². The molecule has 50 heteroatoms. The van der Waals surface area contributed by atoms with E-state index in [2.05, 4.69) is 26.6 Å². The highest BCUT2D eigenvalue weighted by atomic mass is 16.8. The van der Waals surface area contributed by atoms with Crippen molar-refractivity contribution in [3.63, 3.8) is 0 Å². The van der Waals surface area contributed by atoms with Crippen molar-refractivity contribution in [1.29, 1.82) is 0 Å². The summed E-state index contributed by atoms with van der Waals surface area (Å²) in [4.78, 5) is 64.1. The third-order valence-electron chi connectivity index (χ3n) is 20.7. The van der Waals surface area contributed by atoms with E-state index in [9.17, 15) is 141 Å². The molecule has 0 radical (unpaired) electrons. The number of amides is 5. The summed E-state index contributed by atoms with van der Waals surface area (Å²) in [6, 6.07) is -9.44. The average molecular weight is 1670 g/mol. The molecule has 9 saturated heterocycles. The van der Waals surface area contributed by atoms with E-state index in [1.807, 2.05) is 0 Å². The molecule has 0 aromatic rings. The summed E-state index contributed by atoms with van der Waals surface area (Å²) in [6.45, 7) is -2.88. The topological polar surface area (TPSA) is 768 Å². The molecule has 50 nitrogen and oxygen atoms in total. The third kappa shape index (κ3) is 21.0. The SMILES string of the molecule is CC(=O)N[C@H]1C(O[C@H]2[C@H](OC3O[C@H](CO)[C@@H](O)[C@H](O)[C@@H]3OC3O[C@H](CO)[C@@H](O)[C@H](O)[C@H]3NC(C)=O)[C@H](O)C(O[C@H]3[C@H](O)[C@@H](NC(C)=O)C(O[C@H]4[C@H](O)[C@@H](NC(C)=O)C(O)O[C@@H]4COC4O[C@@H](C)[C@@H](O)[C@@H](O)[C@@H]4O)O[C@@H]3CO)O[C@@H]2COC2O[C@H](CO)[C@@H](O)[C@H](O)[C@@H]2OC2O[C@H](CO)[C@@H](O)[C@H](O)[C@H]2NC(C)=O)O[C@H](CO)[C@@H](O)[C@@H]1O. The number of hydrogen-bond acceptors (Lipinski definition) is 45. The summed E-state index contributed by atoms with van der Waals surface area (Å²) in [5.41, 5.74) is 0. The molecule has 9 heterocycles. The second-order valence-corrected chi connectivity index (χ2v) is 28.9. The molecule has 9 aliphatic rings. The first kappa shape index (κ1) is 93.6. The van der Waals surface area contributed by atoms with Crippen LogP contribution in [0, 0.1) is 0 Å². The summed E-state index contributed by atoms with van der Waals surface area (Å²) in [6.07, 6.45) is -83.8. The van der Waals surface area contributed by atoms with Crippen molar-refractivity contribution in [2.45, 2.75) is 318 Å². The summed E-state index contributed by atoms with van der Waals surface area (Å²) in [5.74, 6) is -4.59. The lowest BCUT2D eigenvalue weighted by Crippen LogP contribution is -2.71. The quantitative estimate of drug-likeness (QED) is 0.0331. The van der Waals surface area contributed by atoms with Crippen LogP contribution < -0.4 is 26.6 Å². The van der Waals surface area contributed by atoms with Gasteiger partial charge in [0.25, 0.3) is 0 Å². The van der Waals surface area contributed by atoms with Crippen LogP contribution in [0.1, 0.15) is 41.5 Å². The molecule has 0 spiro atoms. The van der Waals surface area contributed by atoms with Crippen molar-refractivity contribution >= 4 is 29.5 Å². The van der Waals surface area contributed by atoms with Crippen molar-refractivity contribution in [1.82, 2.24) is 26.6 Å². The fourth-order valence-electron chi connectivity index (χ4n) is 14.7. The average Bonchev–Trinajstić information content (AvgIpc) is 0.758. The molecule has 9 aliphatic heterocycles. The van der Waals surface area contributed by atoms with Gasteiger partial charge in [-0.3, -0.25) is 24.0 Å². The van der Waals surface area contributed by atoms with Gasteiger partial charge in [0, 0.05) is 34.6 Å². The Morgan fingerprint density at radius 2 is 0.535 bits per heavy atom. The molecule has 28 N–H and O–H groups in total. The molecule has 45 atom stereocenters. The number of carbonyl (C=O) groups is 5. The minimum absolute atomic E-state index is 0.845. The number of rotatable bonds is 29. The Balaban J connectivity index is 1.16. The van der Waals surface area contributed by atoms with Crippen LogP contribution in [0.3, 0.4) is 0 Å². The molecule has 0 aliphatic carbocycles. The smallest absolute Gasteiger partial charge is 0.217 e. The minimum atomic E-state index is -2.70. The van der Waals surface area contributed by atoms with Gasteiger partial charge >= 0.3 is 0 Å².